The highest BCUT2D eigenvalue weighted by molar-refractivity contribution is 7.92. The van der Waals surface area contributed by atoms with Crippen LogP contribution in [-0.4, -0.2) is 65.3 Å². The van der Waals surface area contributed by atoms with Gasteiger partial charge in [-0.15, -0.1) is 0 Å². The average Bonchev–Trinajstić information content (AvgIpc) is 2.99. The summed E-state index contributed by atoms with van der Waals surface area (Å²) in [4.78, 5) is 15.8. The number of hydrogen-bond acceptors (Lipinski definition) is 7. The zero-order valence-corrected chi connectivity index (χ0v) is 25.4. The summed E-state index contributed by atoms with van der Waals surface area (Å²) in [7, 11) is -2.48. The molecule has 5 rings (SSSR count). The number of hydrogen-bond donors (Lipinski definition) is 1. The van der Waals surface area contributed by atoms with E-state index in [4.69, 9.17) is 14.2 Å². The van der Waals surface area contributed by atoms with Crippen LogP contribution in [0.15, 0.2) is 71.6 Å². The van der Waals surface area contributed by atoms with E-state index in [0.717, 1.165) is 44.0 Å². The summed E-state index contributed by atoms with van der Waals surface area (Å²) < 4.78 is 45.8. The molecule has 0 radical (unpaired) electrons. The van der Waals surface area contributed by atoms with Gasteiger partial charge in [-0.1, -0.05) is 51.1 Å². The Morgan fingerprint density at radius 3 is 2.29 bits per heavy atom. The van der Waals surface area contributed by atoms with Crippen LogP contribution < -0.4 is 19.1 Å². The number of sulfonamides is 1. The lowest BCUT2D eigenvalue weighted by atomic mass is 9.86. The predicted molar refractivity (Wildman–Crippen MR) is 161 cm³/mol. The Hall–Kier alpha value is -3.60. The second-order valence-corrected chi connectivity index (χ2v) is 13.5. The van der Waals surface area contributed by atoms with Crippen molar-refractivity contribution in [2.75, 3.05) is 44.3 Å². The van der Waals surface area contributed by atoms with Gasteiger partial charge in [-0.25, -0.2) is 8.42 Å². The molecule has 1 saturated heterocycles. The van der Waals surface area contributed by atoms with Crippen LogP contribution in [0.4, 0.5) is 5.69 Å². The van der Waals surface area contributed by atoms with Gasteiger partial charge in [-0.3, -0.25) is 14.0 Å². The molecule has 10 heteroatoms. The van der Waals surface area contributed by atoms with Gasteiger partial charge in [0.2, 0.25) is 0 Å². The maximum Gasteiger partial charge on any atom is 0.264 e. The summed E-state index contributed by atoms with van der Waals surface area (Å²) in [5.41, 5.74) is 3.31. The molecule has 42 heavy (non-hydrogen) atoms. The second kappa shape index (κ2) is 12.3. The monoisotopic (exact) mass is 593 g/mol. The van der Waals surface area contributed by atoms with Crippen LogP contribution in [0, 0.1) is 0 Å². The quantitative estimate of drug-likeness (QED) is 0.420. The fraction of sp³-hybridized carbons (Fsp3) is 0.406. The Kier molecular flexibility index (Phi) is 8.77. The van der Waals surface area contributed by atoms with Crippen molar-refractivity contribution in [2.24, 2.45) is 0 Å². The van der Waals surface area contributed by atoms with E-state index >= 15 is 0 Å². The van der Waals surface area contributed by atoms with Gasteiger partial charge in [-0.2, -0.15) is 0 Å². The minimum absolute atomic E-state index is 0.105. The van der Waals surface area contributed by atoms with Crippen LogP contribution in [0.25, 0.3) is 0 Å². The Labute approximate surface area is 248 Å². The maximum absolute atomic E-state index is 13.9. The van der Waals surface area contributed by atoms with Gasteiger partial charge in [0, 0.05) is 26.2 Å². The lowest BCUT2D eigenvalue weighted by Gasteiger charge is -2.36. The molecule has 1 N–H and O–H groups in total. The van der Waals surface area contributed by atoms with Crippen LogP contribution in [0.3, 0.4) is 0 Å². The number of rotatable bonds is 8. The first-order valence-electron chi connectivity index (χ1n) is 14.2. The zero-order valence-electron chi connectivity index (χ0n) is 24.6. The van der Waals surface area contributed by atoms with E-state index in [1.807, 2.05) is 24.3 Å². The van der Waals surface area contributed by atoms with E-state index in [2.05, 4.69) is 43.1 Å². The first-order chi connectivity index (χ1) is 20.0. The maximum atomic E-state index is 13.9. The molecule has 9 nitrogen and oxygen atoms in total. The number of carbonyl (C=O) groups excluding carboxylic acids is 1. The summed E-state index contributed by atoms with van der Waals surface area (Å²) in [5, 5.41) is 2.93. The van der Waals surface area contributed by atoms with Crippen molar-refractivity contribution in [1.29, 1.82) is 0 Å². The number of fused-ring (bicyclic) bond motifs is 1. The van der Waals surface area contributed by atoms with E-state index in [0.29, 0.717) is 23.7 Å². The van der Waals surface area contributed by atoms with Crippen molar-refractivity contribution in [2.45, 2.75) is 50.3 Å². The third-order valence-electron chi connectivity index (χ3n) is 7.63. The van der Waals surface area contributed by atoms with Crippen molar-refractivity contribution >= 4 is 21.6 Å². The summed E-state index contributed by atoms with van der Waals surface area (Å²) in [6.07, 6.45) is -1.02. The fourth-order valence-corrected chi connectivity index (χ4v) is 6.51. The van der Waals surface area contributed by atoms with E-state index in [9.17, 15) is 13.2 Å². The number of nitrogens with one attached hydrogen (secondary N) is 1. The summed E-state index contributed by atoms with van der Waals surface area (Å²) in [6, 6.07) is 19.9. The van der Waals surface area contributed by atoms with Gasteiger partial charge >= 0.3 is 0 Å². The van der Waals surface area contributed by atoms with Gasteiger partial charge in [0.05, 0.1) is 37.5 Å². The number of benzene rings is 3. The molecule has 0 aromatic heterocycles. The van der Waals surface area contributed by atoms with Crippen LogP contribution >= 0.6 is 0 Å². The van der Waals surface area contributed by atoms with Crippen molar-refractivity contribution in [3.05, 3.63) is 83.4 Å². The van der Waals surface area contributed by atoms with Gasteiger partial charge in [0.15, 0.2) is 6.10 Å². The highest BCUT2D eigenvalue weighted by Gasteiger charge is 2.38. The molecule has 3 aromatic rings. The predicted octanol–water partition coefficient (Wildman–Crippen LogP) is 4.10. The van der Waals surface area contributed by atoms with Crippen molar-refractivity contribution < 1.29 is 27.4 Å². The van der Waals surface area contributed by atoms with Crippen LogP contribution in [-0.2, 0) is 38.1 Å². The van der Waals surface area contributed by atoms with Crippen molar-refractivity contribution in [3.8, 4) is 11.5 Å². The molecule has 1 amide bonds. The zero-order chi connectivity index (χ0) is 29.9. The van der Waals surface area contributed by atoms with E-state index < -0.39 is 16.1 Å². The summed E-state index contributed by atoms with van der Waals surface area (Å²) in [6.45, 7) is 10.6. The Morgan fingerprint density at radius 2 is 1.64 bits per heavy atom. The number of ether oxygens (including phenoxy) is 3. The molecule has 2 heterocycles. The minimum Gasteiger partial charge on any atom is -0.497 e. The van der Waals surface area contributed by atoms with Crippen LogP contribution in [0.1, 0.15) is 37.5 Å². The number of carbonyl (C=O) groups is 1. The number of morpholine rings is 1. The van der Waals surface area contributed by atoms with Gasteiger partial charge in [0.25, 0.3) is 15.9 Å². The largest absolute Gasteiger partial charge is 0.497 e. The molecule has 0 aliphatic carbocycles. The highest BCUT2D eigenvalue weighted by Crippen LogP contribution is 2.40. The van der Waals surface area contributed by atoms with E-state index in [1.165, 1.54) is 29.1 Å². The number of nitrogens with zero attached hydrogens (tertiary/aromatic N) is 2. The van der Waals surface area contributed by atoms with Gasteiger partial charge in [0.1, 0.15) is 11.5 Å². The molecule has 2 aliphatic rings. The van der Waals surface area contributed by atoms with Gasteiger partial charge in [-0.05, 0) is 58.5 Å². The topological polar surface area (TPSA) is 97.4 Å². The normalized spacial score (nSPS) is 17.7. The molecule has 0 saturated carbocycles. The number of methoxy groups -OCH3 is 1. The summed E-state index contributed by atoms with van der Waals surface area (Å²) in [5.74, 6) is 0.518. The third kappa shape index (κ3) is 6.72. The lowest BCUT2D eigenvalue weighted by molar-refractivity contribution is -0.127. The van der Waals surface area contributed by atoms with E-state index in [-0.39, 0.29) is 22.8 Å². The SMILES string of the molecule is COc1ccc(S(=O)(=O)N2C[C@H](C(=O)NCc3ccc(CN4CCOCC4)cc3)Oc3ccc(C(C)(C)C)cc32)cc1. The molecular formula is C32H39N3O6S. The van der Waals surface area contributed by atoms with Crippen molar-refractivity contribution in [3.63, 3.8) is 0 Å². The molecule has 0 bridgehead atoms. The van der Waals surface area contributed by atoms with E-state index in [1.54, 1.807) is 18.2 Å². The average molecular weight is 594 g/mol. The molecule has 0 spiro atoms. The number of amides is 1. The van der Waals surface area contributed by atoms with Crippen molar-refractivity contribution in [1.82, 2.24) is 10.2 Å². The first-order valence-corrected chi connectivity index (χ1v) is 15.6. The number of anilines is 1. The van der Waals surface area contributed by atoms with Crippen LogP contribution in [0.5, 0.6) is 11.5 Å². The third-order valence-corrected chi connectivity index (χ3v) is 9.43. The molecule has 2 aliphatic heterocycles. The van der Waals surface area contributed by atoms with Crippen LogP contribution in [0.2, 0.25) is 0 Å². The Balaban J connectivity index is 1.33. The first kappa shape index (κ1) is 29.9. The molecular weight excluding hydrogens is 554 g/mol. The standard InChI is InChI=1S/C32H39N3O6S/c1-32(2,3)25-9-14-29-28(19-25)35(42(37,38)27-12-10-26(39-4)11-13-27)22-30(41-29)31(36)33-20-23-5-7-24(8-6-23)21-34-15-17-40-18-16-34/h5-14,19,30H,15-18,20-22H2,1-4H3,(H,33,36)/t30-/m1/s1. The fourth-order valence-electron chi connectivity index (χ4n) is 5.04. The summed E-state index contributed by atoms with van der Waals surface area (Å²) >= 11 is 0. The second-order valence-electron chi connectivity index (χ2n) is 11.7. The van der Waals surface area contributed by atoms with Gasteiger partial charge < -0.3 is 19.5 Å². The Bertz CT molecular complexity index is 1490. The lowest BCUT2D eigenvalue weighted by Crippen LogP contribution is -2.50. The highest BCUT2D eigenvalue weighted by atomic mass is 32.2. The Morgan fingerprint density at radius 1 is 0.976 bits per heavy atom. The molecule has 1 atom stereocenters. The molecule has 224 valence electrons. The minimum atomic E-state index is -4.01. The smallest absolute Gasteiger partial charge is 0.264 e. The molecule has 1 fully saturated rings. The molecule has 3 aromatic carbocycles. The molecule has 0 unspecified atom stereocenters.